The molecular formula is C17H18FNO2. The lowest BCUT2D eigenvalue weighted by atomic mass is 10.0. The maximum atomic E-state index is 13.8. The van der Waals surface area contributed by atoms with Gasteiger partial charge in [0.25, 0.3) is 5.91 Å². The van der Waals surface area contributed by atoms with E-state index < -0.39 is 11.7 Å². The van der Waals surface area contributed by atoms with Crippen LogP contribution in [0.2, 0.25) is 0 Å². The van der Waals surface area contributed by atoms with E-state index in [0.717, 1.165) is 5.56 Å². The molecule has 110 valence electrons. The number of amides is 1. The molecule has 0 heterocycles. The molecule has 2 rings (SSSR count). The summed E-state index contributed by atoms with van der Waals surface area (Å²) in [5.74, 6) is -0.449. The van der Waals surface area contributed by atoms with E-state index >= 15 is 0 Å². The second-order valence-corrected chi connectivity index (χ2v) is 4.87. The van der Waals surface area contributed by atoms with Gasteiger partial charge in [-0.25, -0.2) is 4.39 Å². The molecule has 0 aliphatic carbocycles. The summed E-state index contributed by atoms with van der Waals surface area (Å²) in [5.41, 5.74) is 1.16. The van der Waals surface area contributed by atoms with Crippen LogP contribution in [0.4, 0.5) is 4.39 Å². The molecule has 2 aromatic carbocycles. The van der Waals surface area contributed by atoms with E-state index in [1.165, 1.54) is 19.2 Å². The topological polar surface area (TPSA) is 38.3 Å². The lowest BCUT2D eigenvalue weighted by Gasteiger charge is -2.13. The van der Waals surface area contributed by atoms with E-state index in [9.17, 15) is 9.18 Å². The first kappa shape index (κ1) is 15.0. The largest absolute Gasteiger partial charge is 0.497 e. The van der Waals surface area contributed by atoms with E-state index in [4.69, 9.17) is 4.74 Å². The van der Waals surface area contributed by atoms with Crippen LogP contribution in [0.1, 0.15) is 28.8 Å². The van der Waals surface area contributed by atoms with Gasteiger partial charge in [-0.2, -0.15) is 0 Å². The molecule has 1 unspecified atom stereocenters. The SMILES string of the molecule is COc1ccc(C(=O)NCC(C)c2ccccc2)c(F)c1. The van der Waals surface area contributed by atoms with E-state index in [2.05, 4.69) is 5.32 Å². The maximum Gasteiger partial charge on any atom is 0.254 e. The van der Waals surface area contributed by atoms with Crippen molar-refractivity contribution in [2.75, 3.05) is 13.7 Å². The molecular weight excluding hydrogens is 269 g/mol. The Bertz CT molecular complexity index is 613. The highest BCUT2D eigenvalue weighted by molar-refractivity contribution is 5.94. The summed E-state index contributed by atoms with van der Waals surface area (Å²) >= 11 is 0. The molecule has 0 aliphatic rings. The molecule has 1 N–H and O–H groups in total. The van der Waals surface area contributed by atoms with Crippen LogP contribution in [0.25, 0.3) is 0 Å². The van der Waals surface area contributed by atoms with Gasteiger partial charge in [-0.05, 0) is 23.6 Å². The molecule has 21 heavy (non-hydrogen) atoms. The second-order valence-electron chi connectivity index (χ2n) is 4.87. The zero-order valence-corrected chi connectivity index (χ0v) is 12.1. The molecule has 0 fully saturated rings. The Morgan fingerprint density at radius 2 is 1.95 bits per heavy atom. The van der Waals surface area contributed by atoms with Crippen LogP contribution in [-0.4, -0.2) is 19.6 Å². The molecule has 1 atom stereocenters. The van der Waals surface area contributed by atoms with Crippen LogP contribution in [0.3, 0.4) is 0 Å². The third kappa shape index (κ3) is 3.81. The van der Waals surface area contributed by atoms with Gasteiger partial charge in [0.1, 0.15) is 11.6 Å². The van der Waals surface area contributed by atoms with E-state index in [1.54, 1.807) is 6.07 Å². The predicted octanol–water partition coefficient (Wildman–Crippen LogP) is 3.37. The van der Waals surface area contributed by atoms with Crippen molar-refractivity contribution in [3.8, 4) is 5.75 Å². The summed E-state index contributed by atoms with van der Waals surface area (Å²) < 4.78 is 18.7. The summed E-state index contributed by atoms with van der Waals surface area (Å²) in [6.45, 7) is 2.47. The molecule has 0 bridgehead atoms. The van der Waals surface area contributed by atoms with Gasteiger partial charge in [-0.1, -0.05) is 37.3 Å². The monoisotopic (exact) mass is 287 g/mol. The lowest BCUT2D eigenvalue weighted by molar-refractivity contribution is 0.0947. The standard InChI is InChI=1S/C17H18FNO2/c1-12(13-6-4-3-5-7-13)11-19-17(20)15-9-8-14(21-2)10-16(15)18/h3-10,12H,11H2,1-2H3,(H,19,20). The minimum atomic E-state index is -0.584. The average Bonchev–Trinajstić information content (AvgIpc) is 2.52. The van der Waals surface area contributed by atoms with E-state index in [-0.39, 0.29) is 11.5 Å². The van der Waals surface area contributed by atoms with Gasteiger partial charge in [-0.15, -0.1) is 0 Å². The number of hydrogen-bond donors (Lipinski definition) is 1. The van der Waals surface area contributed by atoms with Gasteiger partial charge in [0, 0.05) is 12.6 Å². The lowest BCUT2D eigenvalue weighted by Crippen LogP contribution is -2.28. The van der Waals surface area contributed by atoms with Crippen LogP contribution in [0.5, 0.6) is 5.75 Å². The van der Waals surface area contributed by atoms with Crippen molar-refractivity contribution in [3.63, 3.8) is 0 Å². The van der Waals surface area contributed by atoms with Crippen molar-refractivity contribution in [3.05, 3.63) is 65.5 Å². The third-order valence-corrected chi connectivity index (χ3v) is 3.36. The zero-order chi connectivity index (χ0) is 15.2. The number of benzene rings is 2. The fraction of sp³-hybridized carbons (Fsp3) is 0.235. The highest BCUT2D eigenvalue weighted by Crippen LogP contribution is 2.17. The number of hydrogen-bond acceptors (Lipinski definition) is 2. The molecule has 3 nitrogen and oxygen atoms in total. The highest BCUT2D eigenvalue weighted by atomic mass is 19.1. The summed E-state index contributed by atoms with van der Waals surface area (Å²) in [5, 5.41) is 2.76. The fourth-order valence-corrected chi connectivity index (χ4v) is 2.05. The summed E-state index contributed by atoms with van der Waals surface area (Å²) in [4.78, 5) is 12.0. The molecule has 1 amide bonds. The maximum absolute atomic E-state index is 13.8. The molecule has 0 saturated carbocycles. The van der Waals surface area contributed by atoms with Crippen molar-refractivity contribution >= 4 is 5.91 Å². The minimum absolute atomic E-state index is 0.0241. The van der Waals surface area contributed by atoms with Crippen molar-refractivity contribution in [2.24, 2.45) is 0 Å². The smallest absolute Gasteiger partial charge is 0.254 e. The van der Waals surface area contributed by atoms with Crippen LogP contribution in [0.15, 0.2) is 48.5 Å². The van der Waals surface area contributed by atoms with Crippen LogP contribution >= 0.6 is 0 Å². The fourth-order valence-electron chi connectivity index (χ4n) is 2.05. The quantitative estimate of drug-likeness (QED) is 0.915. The van der Waals surface area contributed by atoms with Gasteiger partial charge in [0.15, 0.2) is 0 Å². The van der Waals surface area contributed by atoms with Crippen LogP contribution in [-0.2, 0) is 0 Å². The highest BCUT2D eigenvalue weighted by Gasteiger charge is 2.14. The van der Waals surface area contributed by atoms with Gasteiger partial charge < -0.3 is 10.1 Å². The molecule has 0 saturated heterocycles. The Morgan fingerprint density at radius 3 is 2.57 bits per heavy atom. The van der Waals surface area contributed by atoms with Gasteiger partial charge >= 0.3 is 0 Å². The number of carbonyl (C=O) groups excluding carboxylic acids is 1. The molecule has 0 aliphatic heterocycles. The van der Waals surface area contributed by atoms with Crippen LogP contribution < -0.4 is 10.1 Å². The number of halogens is 1. The average molecular weight is 287 g/mol. The van der Waals surface area contributed by atoms with Crippen LogP contribution in [0, 0.1) is 5.82 Å². The summed E-state index contributed by atoms with van der Waals surface area (Å²) in [7, 11) is 1.45. The number of carbonyl (C=O) groups is 1. The Labute approximate surface area is 123 Å². The first-order valence-corrected chi connectivity index (χ1v) is 6.78. The normalized spacial score (nSPS) is 11.8. The Balaban J connectivity index is 1.99. The number of ether oxygens (including phenoxy) is 1. The molecule has 0 spiro atoms. The Morgan fingerprint density at radius 1 is 1.24 bits per heavy atom. The van der Waals surface area contributed by atoms with Gasteiger partial charge in [0.2, 0.25) is 0 Å². The number of rotatable bonds is 5. The van der Waals surface area contributed by atoms with Crippen molar-refractivity contribution in [1.82, 2.24) is 5.32 Å². The number of methoxy groups -OCH3 is 1. The first-order valence-electron chi connectivity index (χ1n) is 6.78. The second kappa shape index (κ2) is 6.88. The van der Waals surface area contributed by atoms with Gasteiger partial charge in [-0.3, -0.25) is 4.79 Å². The van der Waals surface area contributed by atoms with E-state index in [1.807, 2.05) is 37.3 Å². The Hall–Kier alpha value is -2.36. The summed E-state index contributed by atoms with van der Waals surface area (Å²) in [6.07, 6.45) is 0. The van der Waals surface area contributed by atoms with Crippen molar-refractivity contribution in [2.45, 2.75) is 12.8 Å². The number of nitrogens with one attached hydrogen (secondary N) is 1. The summed E-state index contributed by atoms with van der Waals surface area (Å²) in [6, 6.07) is 14.1. The molecule has 0 radical (unpaired) electrons. The van der Waals surface area contributed by atoms with Gasteiger partial charge in [0.05, 0.1) is 12.7 Å². The zero-order valence-electron chi connectivity index (χ0n) is 12.1. The van der Waals surface area contributed by atoms with Crippen molar-refractivity contribution in [1.29, 1.82) is 0 Å². The van der Waals surface area contributed by atoms with Crippen molar-refractivity contribution < 1.29 is 13.9 Å². The molecule has 4 heteroatoms. The Kier molecular flexibility index (Phi) is 4.93. The minimum Gasteiger partial charge on any atom is -0.497 e. The molecule has 0 aromatic heterocycles. The third-order valence-electron chi connectivity index (χ3n) is 3.36. The molecule has 2 aromatic rings. The first-order chi connectivity index (χ1) is 10.1. The van der Waals surface area contributed by atoms with E-state index in [0.29, 0.717) is 12.3 Å². The predicted molar refractivity (Wildman–Crippen MR) is 80.1 cm³/mol.